The molecule has 2 heterocycles. The molecule has 0 radical (unpaired) electrons. The number of hydrogen-bond acceptors (Lipinski definition) is 4. The number of aromatic amines is 1. The highest BCUT2D eigenvalue weighted by atomic mass is 35.5. The van der Waals surface area contributed by atoms with Gasteiger partial charge in [-0.05, 0) is 42.7 Å². The van der Waals surface area contributed by atoms with Crippen molar-refractivity contribution in [2.75, 3.05) is 0 Å². The molecule has 4 rings (SSSR count). The van der Waals surface area contributed by atoms with E-state index in [-0.39, 0.29) is 17.0 Å². The normalized spacial score (nSPS) is 11.4. The highest BCUT2D eigenvalue weighted by Gasteiger charge is 2.14. The van der Waals surface area contributed by atoms with E-state index in [1.54, 1.807) is 16.5 Å². The largest absolute Gasteiger partial charge is 0.317 e. The predicted molar refractivity (Wildman–Crippen MR) is 109 cm³/mol. The molecule has 2 aromatic heterocycles. The number of fused-ring (bicyclic) bond motifs is 3. The Morgan fingerprint density at radius 1 is 1.14 bits per heavy atom. The van der Waals surface area contributed by atoms with Crippen LogP contribution >= 0.6 is 11.6 Å². The minimum atomic E-state index is -0.317. The summed E-state index contributed by atoms with van der Waals surface area (Å²) in [6.45, 7) is 2.05. The van der Waals surface area contributed by atoms with Crippen LogP contribution in [0.15, 0.2) is 47.3 Å². The second-order valence-corrected chi connectivity index (χ2v) is 7.13. The molecule has 0 unspecified atom stereocenters. The highest BCUT2D eigenvalue weighted by Crippen LogP contribution is 2.20. The number of aryl methyl sites for hydroxylation is 2. The van der Waals surface area contributed by atoms with Gasteiger partial charge in [-0.1, -0.05) is 36.7 Å². The van der Waals surface area contributed by atoms with Crippen LogP contribution in [0, 0.1) is 0 Å². The standard InChI is InChI=1S/C21H19ClN4O2/c1-2-5-19-24-25-20-21(28)23-16-12-14(8-10-17(16)26(19)20)18(27)11-9-13-6-3-4-7-15(13)22/h3-4,6-8,10,12H,2,5,9,11H2,1H3,(H,23,28). The monoisotopic (exact) mass is 394 g/mol. The summed E-state index contributed by atoms with van der Waals surface area (Å²) in [5.74, 6) is 0.742. The van der Waals surface area contributed by atoms with E-state index in [4.69, 9.17) is 11.6 Å². The predicted octanol–water partition coefficient (Wildman–Crippen LogP) is 3.99. The molecule has 4 aromatic rings. The molecule has 0 aliphatic rings. The zero-order valence-electron chi connectivity index (χ0n) is 15.4. The van der Waals surface area contributed by atoms with Crippen molar-refractivity contribution in [3.05, 3.63) is 74.8 Å². The Balaban J connectivity index is 1.68. The number of halogens is 1. The third kappa shape index (κ3) is 3.31. The van der Waals surface area contributed by atoms with E-state index in [1.165, 1.54) is 0 Å². The molecule has 142 valence electrons. The maximum Gasteiger partial charge on any atom is 0.294 e. The van der Waals surface area contributed by atoms with E-state index in [0.717, 1.165) is 29.7 Å². The van der Waals surface area contributed by atoms with E-state index in [1.807, 2.05) is 37.3 Å². The van der Waals surface area contributed by atoms with Gasteiger partial charge in [-0.2, -0.15) is 0 Å². The van der Waals surface area contributed by atoms with Gasteiger partial charge in [-0.15, -0.1) is 10.2 Å². The molecule has 0 bridgehead atoms. The summed E-state index contributed by atoms with van der Waals surface area (Å²) < 4.78 is 1.77. The molecular weight excluding hydrogens is 376 g/mol. The molecule has 0 fully saturated rings. The molecule has 0 aliphatic heterocycles. The van der Waals surface area contributed by atoms with Crippen LogP contribution in [0.4, 0.5) is 0 Å². The van der Waals surface area contributed by atoms with Gasteiger partial charge >= 0.3 is 0 Å². The average molecular weight is 395 g/mol. The number of hydrogen-bond donors (Lipinski definition) is 1. The average Bonchev–Trinajstić information content (AvgIpc) is 3.12. The maximum atomic E-state index is 12.7. The van der Waals surface area contributed by atoms with Gasteiger partial charge in [-0.3, -0.25) is 14.0 Å². The smallest absolute Gasteiger partial charge is 0.294 e. The summed E-state index contributed by atoms with van der Waals surface area (Å²) in [6, 6.07) is 12.9. The van der Waals surface area contributed by atoms with Gasteiger partial charge < -0.3 is 4.98 Å². The summed E-state index contributed by atoms with van der Waals surface area (Å²) in [5, 5.41) is 8.81. The Hall–Kier alpha value is -2.99. The molecular formula is C21H19ClN4O2. The van der Waals surface area contributed by atoms with Crippen LogP contribution in [0.25, 0.3) is 16.7 Å². The number of nitrogens with one attached hydrogen (secondary N) is 1. The summed E-state index contributed by atoms with van der Waals surface area (Å²) in [7, 11) is 0. The van der Waals surface area contributed by atoms with E-state index >= 15 is 0 Å². The lowest BCUT2D eigenvalue weighted by Crippen LogP contribution is -2.12. The van der Waals surface area contributed by atoms with Crippen molar-refractivity contribution in [1.82, 2.24) is 19.6 Å². The Bertz CT molecular complexity index is 1240. The van der Waals surface area contributed by atoms with E-state index in [0.29, 0.717) is 28.9 Å². The lowest BCUT2D eigenvalue weighted by molar-refractivity contribution is 0.0983. The van der Waals surface area contributed by atoms with Crippen molar-refractivity contribution in [2.45, 2.75) is 32.6 Å². The quantitative estimate of drug-likeness (QED) is 0.501. The van der Waals surface area contributed by atoms with Gasteiger partial charge in [0.1, 0.15) is 5.82 Å². The SMILES string of the molecule is CCCc1nnc2c(=O)[nH]c3cc(C(=O)CCc4ccccc4Cl)ccc3n12. The fourth-order valence-corrected chi connectivity index (χ4v) is 3.61. The first-order valence-electron chi connectivity index (χ1n) is 9.25. The number of nitrogens with zero attached hydrogens (tertiary/aromatic N) is 3. The van der Waals surface area contributed by atoms with Gasteiger partial charge in [0.05, 0.1) is 11.0 Å². The van der Waals surface area contributed by atoms with Gasteiger partial charge in [-0.25, -0.2) is 0 Å². The Morgan fingerprint density at radius 3 is 2.75 bits per heavy atom. The van der Waals surface area contributed by atoms with Gasteiger partial charge in [0.15, 0.2) is 5.78 Å². The minimum Gasteiger partial charge on any atom is -0.317 e. The topological polar surface area (TPSA) is 80.1 Å². The van der Waals surface area contributed by atoms with Crippen LogP contribution in [0.2, 0.25) is 5.02 Å². The number of H-pyrrole nitrogens is 1. The van der Waals surface area contributed by atoms with Gasteiger partial charge in [0.2, 0.25) is 5.65 Å². The lowest BCUT2D eigenvalue weighted by Gasteiger charge is -2.07. The summed E-state index contributed by atoms with van der Waals surface area (Å²) in [6.07, 6.45) is 2.53. The first kappa shape index (κ1) is 18.4. The zero-order valence-corrected chi connectivity index (χ0v) is 16.2. The Labute approximate surface area is 166 Å². The Kier molecular flexibility index (Phi) is 4.96. The van der Waals surface area contributed by atoms with Gasteiger partial charge in [0.25, 0.3) is 5.56 Å². The molecule has 1 N–H and O–H groups in total. The number of Topliss-reactive ketones (excluding diaryl/α,β-unsaturated/α-hetero) is 1. The van der Waals surface area contributed by atoms with Crippen LogP contribution in [-0.2, 0) is 12.8 Å². The fourth-order valence-electron chi connectivity index (χ4n) is 3.38. The van der Waals surface area contributed by atoms with Crippen molar-refractivity contribution >= 4 is 34.1 Å². The number of rotatable bonds is 6. The first-order valence-corrected chi connectivity index (χ1v) is 9.63. The number of carbonyl (C=O) groups excluding carboxylic acids is 1. The second kappa shape index (κ2) is 7.56. The van der Waals surface area contributed by atoms with Crippen molar-refractivity contribution in [1.29, 1.82) is 0 Å². The van der Waals surface area contributed by atoms with Crippen molar-refractivity contribution in [3.63, 3.8) is 0 Å². The highest BCUT2D eigenvalue weighted by molar-refractivity contribution is 6.31. The third-order valence-electron chi connectivity index (χ3n) is 4.79. The molecule has 6 nitrogen and oxygen atoms in total. The molecule has 0 aliphatic carbocycles. The molecule has 2 aromatic carbocycles. The lowest BCUT2D eigenvalue weighted by atomic mass is 10.0. The molecule has 0 amide bonds. The molecule has 0 spiro atoms. The maximum absolute atomic E-state index is 12.7. The third-order valence-corrected chi connectivity index (χ3v) is 5.16. The van der Waals surface area contributed by atoms with Crippen molar-refractivity contribution in [2.24, 2.45) is 0 Å². The van der Waals surface area contributed by atoms with E-state index in [2.05, 4.69) is 15.2 Å². The number of ketones is 1. The van der Waals surface area contributed by atoms with Gasteiger partial charge in [0, 0.05) is 23.4 Å². The Morgan fingerprint density at radius 2 is 1.96 bits per heavy atom. The van der Waals surface area contributed by atoms with Crippen LogP contribution in [0.1, 0.15) is 41.5 Å². The van der Waals surface area contributed by atoms with Crippen molar-refractivity contribution in [3.8, 4) is 0 Å². The molecule has 0 saturated carbocycles. The molecule has 0 saturated heterocycles. The van der Waals surface area contributed by atoms with E-state index in [9.17, 15) is 9.59 Å². The van der Waals surface area contributed by atoms with Crippen molar-refractivity contribution < 1.29 is 4.79 Å². The molecule has 28 heavy (non-hydrogen) atoms. The fraction of sp³-hybridized carbons (Fsp3) is 0.238. The van der Waals surface area contributed by atoms with Crippen LogP contribution in [0.5, 0.6) is 0 Å². The molecule has 0 atom stereocenters. The summed E-state index contributed by atoms with van der Waals surface area (Å²) >= 11 is 6.17. The van der Waals surface area contributed by atoms with E-state index < -0.39 is 0 Å². The molecule has 7 heteroatoms. The first-order chi connectivity index (χ1) is 13.6. The summed E-state index contributed by atoms with van der Waals surface area (Å²) in [5.41, 5.74) is 2.84. The van der Waals surface area contributed by atoms with Crippen LogP contribution in [-0.4, -0.2) is 25.4 Å². The number of benzene rings is 2. The summed E-state index contributed by atoms with van der Waals surface area (Å²) in [4.78, 5) is 27.8. The minimum absolute atomic E-state index is 0.000281. The number of aromatic nitrogens is 4. The van der Waals surface area contributed by atoms with Crippen LogP contribution in [0.3, 0.4) is 0 Å². The zero-order chi connectivity index (χ0) is 19.7. The second-order valence-electron chi connectivity index (χ2n) is 6.73. The van der Waals surface area contributed by atoms with Crippen LogP contribution < -0.4 is 5.56 Å². The number of carbonyl (C=O) groups is 1.